The zero-order valence-electron chi connectivity index (χ0n) is 24.0. The largest absolute Gasteiger partial charge is 0.410 e. The third-order valence-electron chi connectivity index (χ3n) is 7.45. The Balaban J connectivity index is 1.96. The van der Waals surface area contributed by atoms with Gasteiger partial charge in [-0.25, -0.2) is 4.98 Å². The fraction of sp³-hybridized carbons (Fsp3) is 0.759. The lowest BCUT2D eigenvalue weighted by atomic mass is 10.0. The van der Waals surface area contributed by atoms with E-state index in [1.54, 1.807) is 11.3 Å². The molecule has 0 N–H and O–H groups in total. The minimum atomic E-state index is -1.91. The number of aromatic nitrogens is 1. The summed E-state index contributed by atoms with van der Waals surface area (Å²) in [6.07, 6.45) is 12.5. The van der Waals surface area contributed by atoms with Gasteiger partial charge in [-0.2, -0.15) is 0 Å². The van der Waals surface area contributed by atoms with Crippen LogP contribution < -0.4 is 0 Å². The second-order valence-electron chi connectivity index (χ2n) is 11.9. The zero-order valence-corrected chi connectivity index (χ0v) is 27.4. The lowest BCUT2D eigenvalue weighted by Gasteiger charge is -2.39. The predicted octanol–water partition coefficient (Wildman–Crippen LogP) is 9.31. The van der Waals surface area contributed by atoms with Gasteiger partial charge in [0, 0.05) is 17.3 Å². The van der Waals surface area contributed by atoms with Crippen LogP contribution in [0.25, 0.3) is 6.08 Å². The lowest BCUT2D eigenvalue weighted by Crippen LogP contribution is -2.44. The van der Waals surface area contributed by atoms with E-state index in [0.29, 0.717) is 5.92 Å². The minimum Gasteiger partial charge on any atom is -0.410 e. The van der Waals surface area contributed by atoms with Crippen molar-refractivity contribution >= 4 is 41.7 Å². The Labute approximate surface area is 234 Å². The van der Waals surface area contributed by atoms with E-state index in [1.165, 1.54) is 36.8 Å². The van der Waals surface area contributed by atoms with Gasteiger partial charge in [-0.05, 0) is 94.5 Å². The number of ether oxygens (including phenoxy) is 2. The van der Waals surface area contributed by atoms with Crippen molar-refractivity contribution in [1.82, 2.24) is 4.98 Å². The van der Waals surface area contributed by atoms with Crippen molar-refractivity contribution in [1.29, 1.82) is 0 Å². The molecule has 0 amide bonds. The van der Waals surface area contributed by atoms with Gasteiger partial charge in [-0.1, -0.05) is 55.3 Å². The topological polar surface area (TPSA) is 40.6 Å². The molecule has 0 aliphatic carbocycles. The highest BCUT2D eigenvalue weighted by atomic mass is 79.9. The number of hydrogen-bond acceptors (Lipinski definition) is 5. The van der Waals surface area contributed by atoms with Crippen LogP contribution in [0, 0.1) is 12.8 Å². The molecule has 0 aromatic carbocycles. The molecule has 1 fully saturated rings. The smallest absolute Gasteiger partial charge is 0.192 e. The molecule has 1 aliphatic rings. The summed E-state index contributed by atoms with van der Waals surface area (Å²) in [5.41, 5.74) is 3.75. The maximum Gasteiger partial charge on any atom is 0.192 e. The van der Waals surface area contributed by atoms with Gasteiger partial charge in [-0.3, -0.25) is 0 Å². The molecule has 1 saturated heterocycles. The maximum atomic E-state index is 6.93. The highest BCUT2D eigenvalue weighted by Gasteiger charge is 2.39. The molecule has 3 atom stereocenters. The number of halogens is 1. The monoisotopic (exact) mass is 599 g/mol. The molecule has 0 saturated carbocycles. The molecule has 2 rings (SSSR count). The van der Waals surface area contributed by atoms with Crippen LogP contribution in [-0.2, 0) is 13.9 Å². The Morgan fingerprint density at radius 2 is 2.08 bits per heavy atom. The summed E-state index contributed by atoms with van der Waals surface area (Å²) in [7, 11) is -1.91. The van der Waals surface area contributed by atoms with E-state index in [9.17, 15) is 0 Å². The Morgan fingerprint density at radius 3 is 2.67 bits per heavy atom. The maximum absolute atomic E-state index is 6.93. The van der Waals surface area contributed by atoms with E-state index in [2.05, 4.69) is 93.1 Å². The standard InChI is InChI=1S/C29H50BrNO3SSi/c1-22(20-33-28-14-9-10-17-32-28)12-11-13-25(19-30)15-16-27(34-36(7,8)29(4,5)6)23(2)18-26-21-35-24(3)31-26/h15,18,21-22,27-28H,9-14,16-17,19-20H2,1-8H3/b23-18+,25-15+/t22-,27-,28?/m0/s1. The van der Waals surface area contributed by atoms with Crippen LogP contribution in [0.15, 0.2) is 22.6 Å². The Kier molecular flexibility index (Phi) is 13.6. The molecule has 4 nitrogen and oxygen atoms in total. The predicted molar refractivity (Wildman–Crippen MR) is 162 cm³/mol. The van der Waals surface area contributed by atoms with Crippen molar-refractivity contribution in [3.8, 4) is 0 Å². The Morgan fingerprint density at radius 1 is 1.33 bits per heavy atom. The van der Waals surface area contributed by atoms with Crippen LogP contribution in [0.5, 0.6) is 0 Å². The minimum absolute atomic E-state index is 0.0153. The van der Waals surface area contributed by atoms with Gasteiger partial charge in [-0.15, -0.1) is 11.3 Å². The van der Waals surface area contributed by atoms with E-state index < -0.39 is 8.32 Å². The van der Waals surface area contributed by atoms with Gasteiger partial charge in [0.15, 0.2) is 14.6 Å². The summed E-state index contributed by atoms with van der Waals surface area (Å²) in [6, 6.07) is 0. The van der Waals surface area contributed by atoms with Gasteiger partial charge >= 0.3 is 0 Å². The van der Waals surface area contributed by atoms with E-state index in [0.717, 1.165) is 48.5 Å². The fourth-order valence-corrected chi connectivity index (χ4v) is 6.43. The molecule has 1 unspecified atom stereocenters. The Bertz CT molecular complexity index is 840. The van der Waals surface area contributed by atoms with Crippen molar-refractivity contribution in [2.45, 2.75) is 117 Å². The van der Waals surface area contributed by atoms with Crippen LogP contribution in [0.1, 0.15) is 90.3 Å². The number of alkyl halides is 1. The van der Waals surface area contributed by atoms with Crippen LogP contribution in [0.3, 0.4) is 0 Å². The molecular weight excluding hydrogens is 550 g/mol. The zero-order chi connectivity index (χ0) is 26.8. The van der Waals surface area contributed by atoms with Crippen LogP contribution >= 0.6 is 27.3 Å². The number of allylic oxidation sites excluding steroid dienone is 1. The molecule has 1 aromatic rings. The van der Waals surface area contributed by atoms with Crippen molar-refractivity contribution < 1.29 is 13.9 Å². The highest BCUT2D eigenvalue weighted by Crippen LogP contribution is 2.39. The molecule has 206 valence electrons. The second kappa shape index (κ2) is 15.3. The Hall–Kier alpha value is -0.313. The number of nitrogens with zero attached hydrogens (tertiary/aromatic N) is 1. The number of aryl methyl sites for hydroxylation is 1. The fourth-order valence-electron chi connectivity index (χ4n) is 4.00. The van der Waals surface area contributed by atoms with Gasteiger partial charge in [0.2, 0.25) is 0 Å². The molecule has 0 spiro atoms. The van der Waals surface area contributed by atoms with Crippen molar-refractivity contribution in [3.63, 3.8) is 0 Å². The first-order chi connectivity index (χ1) is 16.9. The van der Waals surface area contributed by atoms with E-state index in [4.69, 9.17) is 13.9 Å². The quantitative estimate of drug-likeness (QED) is 0.121. The normalized spacial score (nSPS) is 20.0. The molecule has 1 aliphatic heterocycles. The van der Waals surface area contributed by atoms with E-state index in [1.807, 2.05) is 0 Å². The van der Waals surface area contributed by atoms with Crippen LogP contribution in [0.2, 0.25) is 18.1 Å². The average molecular weight is 601 g/mol. The summed E-state index contributed by atoms with van der Waals surface area (Å²) in [6.45, 7) is 19.8. The molecule has 36 heavy (non-hydrogen) atoms. The first-order valence-corrected chi connectivity index (χ1v) is 18.6. The number of thiazole rings is 1. The molecule has 0 bridgehead atoms. The first-order valence-electron chi connectivity index (χ1n) is 13.7. The molecule has 1 aromatic heterocycles. The number of rotatable bonds is 14. The SMILES string of the molecule is C/C(=C\c1csc(C)n1)[C@H](C/C=C(/CBr)CCC[C@H](C)COC1CCCCO1)O[Si](C)(C)C(C)(C)C. The summed E-state index contributed by atoms with van der Waals surface area (Å²) in [4.78, 5) is 4.65. The molecular formula is C29H50BrNO3SSi. The first kappa shape index (κ1) is 31.9. The van der Waals surface area contributed by atoms with Gasteiger partial charge in [0.05, 0.1) is 23.4 Å². The van der Waals surface area contributed by atoms with E-state index in [-0.39, 0.29) is 17.4 Å². The van der Waals surface area contributed by atoms with Crippen molar-refractivity contribution in [2.75, 3.05) is 18.5 Å². The third kappa shape index (κ3) is 11.2. The van der Waals surface area contributed by atoms with Crippen LogP contribution in [-0.4, -0.2) is 44.2 Å². The summed E-state index contributed by atoms with van der Waals surface area (Å²) >= 11 is 5.44. The summed E-state index contributed by atoms with van der Waals surface area (Å²) in [5, 5.41) is 4.32. The van der Waals surface area contributed by atoms with Gasteiger partial charge in [0.25, 0.3) is 0 Å². The van der Waals surface area contributed by atoms with Gasteiger partial charge in [0.1, 0.15) is 0 Å². The third-order valence-corrected chi connectivity index (χ3v) is 13.5. The highest BCUT2D eigenvalue weighted by molar-refractivity contribution is 9.09. The summed E-state index contributed by atoms with van der Waals surface area (Å²) < 4.78 is 18.6. The number of hydrogen-bond donors (Lipinski definition) is 0. The second-order valence-corrected chi connectivity index (χ2v) is 18.3. The van der Waals surface area contributed by atoms with Crippen molar-refractivity contribution in [3.05, 3.63) is 33.3 Å². The van der Waals surface area contributed by atoms with Gasteiger partial charge < -0.3 is 13.9 Å². The van der Waals surface area contributed by atoms with Crippen LogP contribution in [0.4, 0.5) is 0 Å². The average Bonchev–Trinajstić information content (AvgIpc) is 3.23. The molecule has 0 radical (unpaired) electrons. The van der Waals surface area contributed by atoms with Crippen molar-refractivity contribution in [2.24, 2.45) is 5.92 Å². The summed E-state index contributed by atoms with van der Waals surface area (Å²) in [5.74, 6) is 0.550. The molecule has 7 heteroatoms. The lowest BCUT2D eigenvalue weighted by molar-refractivity contribution is -0.168. The molecule has 2 heterocycles. The van der Waals surface area contributed by atoms with E-state index >= 15 is 0 Å².